The highest BCUT2D eigenvalue weighted by atomic mass is 35.5. The number of aromatic nitrogens is 2. The van der Waals surface area contributed by atoms with Gasteiger partial charge in [-0.15, -0.1) is 0 Å². The van der Waals surface area contributed by atoms with Gasteiger partial charge in [0, 0.05) is 0 Å². The van der Waals surface area contributed by atoms with Crippen LogP contribution in [0.15, 0.2) is 24.3 Å². The fraction of sp³-hybridized carbons (Fsp3) is 0.238. The van der Waals surface area contributed by atoms with Crippen LogP contribution in [0.4, 0.5) is 0 Å². The van der Waals surface area contributed by atoms with Gasteiger partial charge in [0.15, 0.2) is 5.75 Å². The minimum Gasteiger partial charge on any atom is -0.488 e. The summed E-state index contributed by atoms with van der Waals surface area (Å²) in [5.74, 6) is 0.950. The molecule has 0 bridgehead atoms. The number of benzene rings is 2. The second-order valence-corrected chi connectivity index (χ2v) is 7.50. The molecular formula is C21H19Cl2N3O. The summed E-state index contributed by atoms with van der Waals surface area (Å²) >= 11 is 12.6. The number of aryl methyl sites for hydroxylation is 2. The van der Waals surface area contributed by atoms with E-state index in [1.54, 1.807) is 18.2 Å². The Kier molecular flexibility index (Phi) is 5.46. The number of nitriles is 1. The first-order valence-corrected chi connectivity index (χ1v) is 9.29. The summed E-state index contributed by atoms with van der Waals surface area (Å²) < 4.78 is 5.64. The summed E-state index contributed by atoms with van der Waals surface area (Å²) in [5, 5.41) is 10.4. The minimum absolute atomic E-state index is 0.0430. The van der Waals surface area contributed by atoms with E-state index in [-0.39, 0.29) is 6.10 Å². The Morgan fingerprint density at radius 1 is 1.15 bits per heavy atom. The molecule has 0 fully saturated rings. The van der Waals surface area contributed by atoms with Crippen LogP contribution in [0.3, 0.4) is 0 Å². The Morgan fingerprint density at radius 2 is 1.78 bits per heavy atom. The highest BCUT2D eigenvalue weighted by Crippen LogP contribution is 2.36. The van der Waals surface area contributed by atoms with Crippen molar-refractivity contribution < 1.29 is 4.74 Å². The van der Waals surface area contributed by atoms with Gasteiger partial charge in [0.05, 0.1) is 32.8 Å². The maximum absolute atomic E-state index is 9.62. The summed E-state index contributed by atoms with van der Waals surface area (Å²) in [6, 6.07) is 9.67. The van der Waals surface area contributed by atoms with Crippen LogP contribution in [0.1, 0.15) is 36.4 Å². The summed E-state index contributed by atoms with van der Waals surface area (Å²) in [6.45, 7) is 7.88. The van der Waals surface area contributed by atoms with Crippen molar-refractivity contribution in [2.45, 2.75) is 33.8 Å². The van der Waals surface area contributed by atoms with E-state index in [0.717, 1.165) is 16.6 Å². The number of imidazole rings is 1. The SMILES string of the molecule is Cc1cc2nc(/C(C#N)=C\c3cc(Cl)c(OC(C)C)c(Cl)c3)[nH]c2cc1C. The molecule has 3 rings (SSSR count). The number of allylic oxidation sites excluding steroid dienone is 1. The molecule has 0 atom stereocenters. The average molecular weight is 400 g/mol. The molecule has 0 unspecified atom stereocenters. The molecule has 0 aliphatic heterocycles. The molecule has 4 nitrogen and oxygen atoms in total. The topological polar surface area (TPSA) is 61.7 Å². The third kappa shape index (κ3) is 4.10. The maximum Gasteiger partial charge on any atom is 0.156 e. The fourth-order valence-corrected chi connectivity index (χ4v) is 3.32. The lowest BCUT2D eigenvalue weighted by atomic mass is 10.1. The van der Waals surface area contributed by atoms with E-state index in [4.69, 9.17) is 27.9 Å². The average Bonchev–Trinajstić information content (AvgIpc) is 2.98. The predicted molar refractivity (Wildman–Crippen MR) is 111 cm³/mol. The van der Waals surface area contributed by atoms with E-state index in [1.807, 2.05) is 39.8 Å². The molecule has 27 heavy (non-hydrogen) atoms. The lowest BCUT2D eigenvalue weighted by Gasteiger charge is -2.13. The number of hydrogen-bond acceptors (Lipinski definition) is 3. The standard InChI is InChI=1S/C21H19Cl2N3O/c1-11(2)27-20-16(22)8-14(9-17(20)23)7-15(10-24)21-25-18-5-12(3)13(4)6-19(18)26-21/h5-9,11H,1-4H3,(H,25,26)/b15-7-. The molecule has 0 amide bonds. The molecule has 0 aliphatic carbocycles. The smallest absolute Gasteiger partial charge is 0.156 e. The number of nitrogens with zero attached hydrogens (tertiary/aromatic N) is 2. The number of nitrogens with one attached hydrogen (secondary N) is 1. The van der Waals surface area contributed by atoms with Crippen LogP contribution in [0.5, 0.6) is 5.75 Å². The normalized spacial score (nSPS) is 11.9. The quantitative estimate of drug-likeness (QED) is 0.520. The highest BCUT2D eigenvalue weighted by molar-refractivity contribution is 6.37. The molecule has 0 spiro atoms. The van der Waals surface area contributed by atoms with Gasteiger partial charge in [0.25, 0.3) is 0 Å². The van der Waals surface area contributed by atoms with Crippen LogP contribution >= 0.6 is 23.2 Å². The molecule has 0 aliphatic rings. The highest BCUT2D eigenvalue weighted by Gasteiger charge is 2.13. The number of H-pyrrole nitrogens is 1. The summed E-state index contributed by atoms with van der Waals surface area (Å²) in [5.41, 5.74) is 5.13. The number of fused-ring (bicyclic) bond motifs is 1. The molecule has 3 aromatic rings. The number of hydrogen-bond donors (Lipinski definition) is 1. The van der Waals surface area contributed by atoms with Crippen LogP contribution in [0.25, 0.3) is 22.7 Å². The Hall–Kier alpha value is -2.48. The molecule has 138 valence electrons. The molecule has 2 aromatic carbocycles. The van der Waals surface area contributed by atoms with Crippen molar-refractivity contribution in [3.63, 3.8) is 0 Å². The third-order valence-electron chi connectivity index (χ3n) is 4.16. The van der Waals surface area contributed by atoms with Gasteiger partial charge in [0.2, 0.25) is 0 Å². The van der Waals surface area contributed by atoms with E-state index in [2.05, 4.69) is 16.0 Å². The molecule has 1 N–H and O–H groups in total. The van der Waals surface area contributed by atoms with Crippen LogP contribution < -0.4 is 4.74 Å². The fourth-order valence-electron chi connectivity index (χ4n) is 2.73. The monoisotopic (exact) mass is 399 g/mol. The van der Waals surface area contributed by atoms with Gasteiger partial charge in [-0.3, -0.25) is 0 Å². The van der Waals surface area contributed by atoms with Gasteiger partial charge in [-0.2, -0.15) is 5.26 Å². The summed E-state index contributed by atoms with van der Waals surface area (Å²) in [4.78, 5) is 7.76. The van der Waals surface area contributed by atoms with Crippen molar-refractivity contribution in [3.05, 3.63) is 56.8 Å². The van der Waals surface area contributed by atoms with Gasteiger partial charge >= 0.3 is 0 Å². The number of rotatable bonds is 4. The second-order valence-electron chi connectivity index (χ2n) is 6.69. The van der Waals surface area contributed by atoms with Crippen LogP contribution in [0, 0.1) is 25.2 Å². The van der Waals surface area contributed by atoms with Crippen LogP contribution in [0.2, 0.25) is 10.0 Å². The molecule has 1 heterocycles. The molecule has 6 heteroatoms. The van der Waals surface area contributed by atoms with Gasteiger partial charge in [-0.1, -0.05) is 23.2 Å². The van der Waals surface area contributed by atoms with Gasteiger partial charge in [-0.25, -0.2) is 4.98 Å². The van der Waals surface area contributed by atoms with Crippen molar-refractivity contribution in [1.29, 1.82) is 5.26 Å². The van der Waals surface area contributed by atoms with E-state index in [0.29, 0.717) is 32.8 Å². The van der Waals surface area contributed by atoms with E-state index >= 15 is 0 Å². The Balaban J connectivity index is 2.03. The van der Waals surface area contributed by atoms with Crippen molar-refractivity contribution >= 4 is 45.9 Å². The molecule has 0 saturated heterocycles. The Morgan fingerprint density at radius 3 is 2.37 bits per heavy atom. The molecule has 0 radical (unpaired) electrons. The van der Waals surface area contributed by atoms with E-state index < -0.39 is 0 Å². The van der Waals surface area contributed by atoms with Crippen molar-refractivity contribution in [2.75, 3.05) is 0 Å². The molecule has 1 aromatic heterocycles. The lowest BCUT2D eigenvalue weighted by Crippen LogP contribution is -2.06. The first-order chi connectivity index (χ1) is 12.8. The van der Waals surface area contributed by atoms with Crippen molar-refractivity contribution in [3.8, 4) is 11.8 Å². The van der Waals surface area contributed by atoms with Crippen molar-refractivity contribution in [1.82, 2.24) is 9.97 Å². The Bertz CT molecular complexity index is 1030. The zero-order valence-electron chi connectivity index (χ0n) is 15.5. The van der Waals surface area contributed by atoms with Gasteiger partial charge in [0.1, 0.15) is 11.9 Å². The van der Waals surface area contributed by atoms with Gasteiger partial charge < -0.3 is 9.72 Å². The summed E-state index contributed by atoms with van der Waals surface area (Å²) in [6.07, 6.45) is 1.66. The predicted octanol–water partition coefficient (Wildman–Crippen LogP) is 6.34. The number of ether oxygens (including phenoxy) is 1. The Labute approximate surface area is 168 Å². The first kappa shape index (κ1) is 19.3. The number of aromatic amines is 1. The van der Waals surface area contributed by atoms with Gasteiger partial charge in [-0.05, 0) is 74.7 Å². The largest absolute Gasteiger partial charge is 0.488 e. The summed E-state index contributed by atoms with van der Waals surface area (Å²) in [7, 11) is 0. The first-order valence-electron chi connectivity index (χ1n) is 8.53. The van der Waals surface area contributed by atoms with Crippen LogP contribution in [-0.4, -0.2) is 16.1 Å². The van der Waals surface area contributed by atoms with E-state index in [1.165, 1.54) is 5.56 Å². The molecular weight excluding hydrogens is 381 g/mol. The second kappa shape index (κ2) is 7.64. The lowest BCUT2D eigenvalue weighted by molar-refractivity contribution is 0.243. The van der Waals surface area contributed by atoms with E-state index in [9.17, 15) is 5.26 Å². The molecule has 0 saturated carbocycles. The van der Waals surface area contributed by atoms with Crippen LogP contribution in [-0.2, 0) is 0 Å². The zero-order valence-corrected chi connectivity index (χ0v) is 17.0. The third-order valence-corrected chi connectivity index (χ3v) is 4.72. The minimum atomic E-state index is -0.0430. The maximum atomic E-state index is 9.62. The van der Waals surface area contributed by atoms with Crippen molar-refractivity contribution in [2.24, 2.45) is 0 Å². The zero-order chi connectivity index (χ0) is 19.7. The number of halogens is 2.